The van der Waals surface area contributed by atoms with Crippen LogP contribution in [0.4, 0.5) is 0 Å². The molecule has 2 aliphatic rings. The largest absolute Gasteiger partial charge is 0.491 e. The maximum absolute atomic E-state index is 9.34. The van der Waals surface area contributed by atoms with E-state index in [0.717, 1.165) is 12.2 Å². The topological polar surface area (TPSA) is 45.0 Å². The number of hydrogen-bond donors (Lipinski definition) is 1. The minimum Gasteiger partial charge on any atom is -0.491 e. The van der Waals surface area contributed by atoms with Gasteiger partial charge < -0.3 is 4.74 Å². The van der Waals surface area contributed by atoms with Gasteiger partial charge in [0.05, 0.1) is 6.07 Å². The quantitative estimate of drug-likeness (QED) is 0.894. The molecule has 1 aromatic rings. The van der Waals surface area contributed by atoms with Crippen LogP contribution in [-0.4, -0.2) is 18.2 Å². The first-order valence-corrected chi connectivity index (χ1v) is 7.62. The van der Waals surface area contributed by atoms with E-state index in [2.05, 4.69) is 23.5 Å². The molecule has 1 saturated carbocycles. The van der Waals surface area contributed by atoms with E-state index in [1.807, 2.05) is 13.0 Å². The van der Waals surface area contributed by atoms with Crippen molar-refractivity contribution in [1.29, 1.82) is 5.26 Å². The minimum atomic E-state index is -0.586. The van der Waals surface area contributed by atoms with Gasteiger partial charge >= 0.3 is 0 Å². The van der Waals surface area contributed by atoms with Crippen LogP contribution in [0.2, 0.25) is 0 Å². The summed E-state index contributed by atoms with van der Waals surface area (Å²) in [5, 5.41) is 12.7. The van der Waals surface area contributed by atoms with Crippen molar-refractivity contribution in [3.05, 3.63) is 29.3 Å². The zero-order valence-corrected chi connectivity index (χ0v) is 12.1. The molecule has 0 amide bonds. The van der Waals surface area contributed by atoms with Gasteiger partial charge in [0.15, 0.2) is 0 Å². The molecule has 1 unspecified atom stereocenters. The monoisotopic (exact) mass is 270 g/mol. The summed E-state index contributed by atoms with van der Waals surface area (Å²) in [6.45, 7) is 2.32. The maximum Gasteiger partial charge on any atom is 0.138 e. The van der Waals surface area contributed by atoms with E-state index >= 15 is 0 Å². The Labute approximate surface area is 120 Å². The Morgan fingerprint density at radius 2 is 2.05 bits per heavy atom. The highest BCUT2D eigenvalue weighted by molar-refractivity contribution is 5.37. The fourth-order valence-corrected chi connectivity index (χ4v) is 2.81. The first-order valence-electron chi connectivity index (χ1n) is 7.62. The molecule has 0 spiro atoms. The number of ether oxygens (including phenoxy) is 1. The number of nitriles is 1. The summed E-state index contributed by atoms with van der Waals surface area (Å²) in [6, 6.07) is 9.23. The Hall–Kier alpha value is -1.53. The Bertz CT molecular complexity index is 530. The molecule has 0 radical (unpaired) electrons. The van der Waals surface area contributed by atoms with E-state index in [4.69, 9.17) is 4.74 Å². The highest BCUT2D eigenvalue weighted by atomic mass is 16.5. The second-order valence-corrected chi connectivity index (χ2v) is 6.29. The highest BCUT2D eigenvalue weighted by Crippen LogP contribution is 2.26. The predicted octanol–water partition coefficient (Wildman–Crippen LogP) is 2.98. The van der Waals surface area contributed by atoms with E-state index in [1.165, 1.54) is 43.2 Å². The summed E-state index contributed by atoms with van der Waals surface area (Å²) in [5.74, 6) is 0.893. The van der Waals surface area contributed by atoms with E-state index in [-0.39, 0.29) is 0 Å². The molecule has 20 heavy (non-hydrogen) atoms. The van der Waals surface area contributed by atoms with Crippen LogP contribution in [-0.2, 0) is 12.8 Å². The van der Waals surface area contributed by atoms with Crippen LogP contribution in [0.1, 0.15) is 43.7 Å². The lowest BCUT2D eigenvalue weighted by Gasteiger charge is -2.24. The fraction of sp³-hybridized carbons (Fsp3) is 0.588. The third-order valence-corrected chi connectivity index (χ3v) is 4.19. The molecule has 2 aliphatic carbocycles. The van der Waals surface area contributed by atoms with Gasteiger partial charge in [0.1, 0.15) is 17.9 Å². The van der Waals surface area contributed by atoms with Gasteiger partial charge in [-0.05, 0) is 68.7 Å². The standard InChI is InChI=1S/C17H22N2O/c1-17(11-18,19-15-7-8-15)12-20-16-9-6-13-4-2-3-5-14(13)10-16/h6,9-10,15,19H,2-5,7-8,12H2,1H3. The average molecular weight is 270 g/mol. The number of benzene rings is 1. The molecule has 106 valence electrons. The molecule has 1 aromatic carbocycles. The number of nitrogens with zero attached hydrogens (tertiary/aromatic N) is 1. The molecule has 3 rings (SSSR count). The lowest BCUT2D eigenvalue weighted by molar-refractivity contribution is 0.232. The Morgan fingerprint density at radius 3 is 2.75 bits per heavy atom. The van der Waals surface area contributed by atoms with Gasteiger partial charge in [-0.1, -0.05) is 6.07 Å². The molecule has 0 saturated heterocycles. The lowest BCUT2D eigenvalue weighted by Crippen LogP contribution is -2.47. The highest BCUT2D eigenvalue weighted by Gasteiger charge is 2.33. The zero-order valence-electron chi connectivity index (χ0n) is 12.1. The van der Waals surface area contributed by atoms with E-state index in [0.29, 0.717) is 12.6 Å². The zero-order chi connectivity index (χ0) is 14.0. The first kappa shape index (κ1) is 13.5. The van der Waals surface area contributed by atoms with Gasteiger partial charge in [0.25, 0.3) is 0 Å². The number of rotatable bonds is 5. The van der Waals surface area contributed by atoms with Crippen LogP contribution in [0.15, 0.2) is 18.2 Å². The SMILES string of the molecule is CC(C#N)(COc1ccc2c(c1)CCCC2)NC1CC1. The Kier molecular flexibility index (Phi) is 3.67. The number of hydrogen-bond acceptors (Lipinski definition) is 3. The Morgan fingerprint density at radius 1 is 1.30 bits per heavy atom. The van der Waals surface area contributed by atoms with Crippen molar-refractivity contribution in [2.75, 3.05) is 6.61 Å². The van der Waals surface area contributed by atoms with Crippen LogP contribution in [0.5, 0.6) is 5.75 Å². The van der Waals surface area contributed by atoms with Crippen molar-refractivity contribution in [3.63, 3.8) is 0 Å². The van der Waals surface area contributed by atoms with Crippen molar-refractivity contribution in [2.24, 2.45) is 0 Å². The molecule has 3 heteroatoms. The minimum absolute atomic E-state index is 0.402. The molecule has 0 heterocycles. The number of aryl methyl sites for hydroxylation is 2. The number of fused-ring (bicyclic) bond motifs is 1. The van der Waals surface area contributed by atoms with Crippen molar-refractivity contribution in [3.8, 4) is 11.8 Å². The third-order valence-electron chi connectivity index (χ3n) is 4.19. The van der Waals surface area contributed by atoms with Crippen LogP contribution in [0.3, 0.4) is 0 Å². The first-order chi connectivity index (χ1) is 9.68. The average Bonchev–Trinajstić information content (AvgIpc) is 3.29. The summed E-state index contributed by atoms with van der Waals surface area (Å²) < 4.78 is 5.87. The molecule has 0 aliphatic heterocycles. The van der Waals surface area contributed by atoms with Gasteiger partial charge in [-0.2, -0.15) is 5.26 Å². The molecule has 1 N–H and O–H groups in total. The van der Waals surface area contributed by atoms with E-state index < -0.39 is 5.54 Å². The summed E-state index contributed by atoms with van der Waals surface area (Å²) in [5.41, 5.74) is 2.29. The summed E-state index contributed by atoms with van der Waals surface area (Å²) in [7, 11) is 0. The summed E-state index contributed by atoms with van der Waals surface area (Å²) in [4.78, 5) is 0. The van der Waals surface area contributed by atoms with E-state index in [1.54, 1.807) is 0 Å². The fourth-order valence-electron chi connectivity index (χ4n) is 2.81. The predicted molar refractivity (Wildman–Crippen MR) is 78.8 cm³/mol. The van der Waals surface area contributed by atoms with Crippen molar-refractivity contribution < 1.29 is 4.74 Å². The summed E-state index contributed by atoms with van der Waals surface area (Å²) >= 11 is 0. The van der Waals surface area contributed by atoms with Gasteiger partial charge in [0, 0.05) is 6.04 Å². The summed E-state index contributed by atoms with van der Waals surface area (Å²) in [6.07, 6.45) is 7.27. The van der Waals surface area contributed by atoms with Gasteiger partial charge in [0.2, 0.25) is 0 Å². The molecule has 0 aromatic heterocycles. The van der Waals surface area contributed by atoms with Crippen LogP contribution in [0, 0.1) is 11.3 Å². The lowest BCUT2D eigenvalue weighted by atomic mass is 9.92. The normalized spacial score (nSPS) is 20.6. The Balaban J connectivity index is 1.63. The van der Waals surface area contributed by atoms with Gasteiger partial charge in [-0.3, -0.25) is 5.32 Å². The number of nitrogens with one attached hydrogen (secondary N) is 1. The third kappa shape index (κ3) is 3.13. The van der Waals surface area contributed by atoms with Crippen molar-refractivity contribution >= 4 is 0 Å². The smallest absolute Gasteiger partial charge is 0.138 e. The van der Waals surface area contributed by atoms with Gasteiger partial charge in [-0.25, -0.2) is 0 Å². The second kappa shape index (κ2) is 5.46. The molecular formula is C17H22N2O. The molecule has 0 bridgehead atoms. The van der Waals surface area contributed by atoms with Gasteiger partial charge in [-0.15, -0.1) is 0 Å². The maximum atomic E-state index is 9.34. The molecular weight excluding hydrogens is 248 g/mol. The van der Waals surface area contributed by atoms with Crippen LogP contribution in [0.25, 0.3) is 0 Å². The van der Waals surface area contributed by atoms with Crippen molar-refractivity contribution in [2.45, 2.75) is 57.0 Å². The van der Waals surface area contributed by atoms with Crippen LogP contribution < -0.4 is 10.1 Å². The van der Waals surface area contributed by atoms with Crippen LogP contribution >= 0.6 is 0 Å². The van der Waals surface area contributed by atoms with E-state index in [9.17, 15) is 5.26 Å². The second-order valence-electron chi connectivity index (χ2n) is 6.29. The van der Waals surface area contributed by atoms with Crippen molar-refractivity contribution in [1.82, 2.24) is 5.32 Å². The molecule has 1 fully saturated rings. The molecule has 1 atom stereocenters. The molecule has 3 nitrogen and oxygen atoms in total.